The molecule has 0 radical (unpaired) electrons. The van der Waals surface area contributed by atoms with Crippen LogP contribution in [-0.4, -0.2) is 41.9 Å². The average molecular weight is 411 g/mol. The van der Waals surface area contributed by atoms with E-state index in [0.717, 1.165) is 17.7 Å². The lowest BCUT2D eigenvalue weighted by Gasteiger charge is -2.22. The number of hydrogen-bond donors (Lipinski definition) is 1. The number of rotatable bonds is 7. The summed E-state index contributed by atoms with van der Waals surface area (Å²) in [6, 6.07) is 12.7. The van der Waals surface area contributed by atoms with Crippen LogP contribution in [0.15, 0.2) is 48.5 Å². The molecular weight excluding hydrogens is 390 g/mol. The van der Waals surface area contributed by atoms with Gasteiger partial charge in [-0.15, -0.1) is 0 Å². The summed E-state index contributed by atoms with van der Waals surface area (Å²) < 4.78 is 5.05. The molecule has 0 fully saturated rings. The van der Waals surface area contributed by atoms with E-state index in [9.17, 15) is 24.5 Å². The SMILES string of the molecule is C[C@H]1Cc2ccccc2N1C(=O)COC(=O)CCNC(=O)c1ccc([N+](=O)[O-])cc1. The van der Waals surface area contributed by atoms with Crippen LogP contribution in [0.1, 0.15) is 29.3 Å². The number of nitro benzene ring substituents is 1. The number of amides is 2. The van der Waals surface area contributed by atoms with Crippen LogP contribution in [0.4, 0.5) is 11.4 Å². The minimum absolute atomic E-state index is 0.00501. The Morgan fingerprint density at radius 1 is 1.17 bits per heavy atom. The molecule has 2 aromatic carbocycles. The molecule has 1 N–H and O–H groups in total. The molecule has 0 unspecified atom stereocenters. The highest BCUT2D eigenvalue weighted by atomic mass is 16.6. The molecule has 0 bridgehead atoms. The maximum atomic E-state index is 12.5. The van der Waals surface area contributed by atoms with Gasteiger partial charge in [-0.05, 0) is 37.1 Å². The van der Waals surface area contributed by atoms with Crippen LogP contribution >= 0.6 is 0 Å². The number of nitro groups is 1. The van der Waals surface area contributed by atoms with Gasteiger partial charge < -0.3 is 15.0 Å². The lowest BCUT2D eigenvalue weighted by Crippen LogP contribution is -2.39. The van der Waals surface area contributed by atoms with Crippen LogP contribution in [0.2, 0.25) is 0 Å². The summed E-state index contributed by atoms with van der Waals surface area (Å²) in [4.78, 5) is 48.1. The van der Waals surface area contributed by atoms with E-state index >= 15 is 0 Å². The van der Waals surface area contributed by atoms with Crippen LogP contribution in [0, 0.1) is 10.1 Å². The van der Waals surface area contributed by atoms with E-state index in [-0.39, 0.29) is 42.8 Å². The van der Waals surface area contributed by atoms with Crippen molar-refractivity contribution in [2.24, 2.45) is 0 Å². The number of carbonyl (C=O) groups excluding carboxylic acids is 3. The number of ether oxygens (including phenoxy) is 1. The maximum Gasteiger partial charge on any atom is 0.308 e. The first kappa shape index (κ1) is 21.0. The zero-order valence-corrected chi connectivity index (χ0v) is 16.4. The average Bonchev–Trinajstić information content (AvgIpc) is 3.07. The Morgan fingerprint density at radius 3 is 2.57 bits per heavy atom. The number of para-hydroxylation sites is 1. The topological polar surface area (TPSA) is 119 Å². The monoisotopic (exact) mass is 411 g/mol. The molecule has 0 saturated heterocycles. The number of nitrogens with one attached hydrogen (secondary N) is 1. The second-order valence-corrected chi connectivity index (χ2v) is 6.92. The van der Waals surface area contributed by atoms with E-state index in [2.05, 4.69) is 5.32 Å². The van der Waals surface area contributed by atoms with Crippen LogP contribution in [-0.2, 0) is 20.7 Å². The largest absolute Gasteiger partial charge is 0.455 e. The number of esters is 1. The molecule has 1 aliphatic rings. The smallest absolute Gasteiger partial charge is 0.308 e. The van der Waals surface area contributed by atoms with Gasteiger partial charge in [0.1, 0.15) is 0 Å². The van der Waals surface area contributed by atoms with Crippen molar-refractivity contribution in [1.29, 1.82) is 0 Å². The van der Waals surface area contributed by atoms with Crippen molar-refractivity contribution < 1.29 is 24.0 Å². The van der Waals surface area contributed by atoms with Crippen molar-refractivity contribution >= 4 is 29.2 Å². The Kier molecular flexibility index (Phi) is 6.41. The fraction of sp³-hybridized carbons (Fsp3) is 0.286. The van der Waals surface area contributed by atoms with Gasteiger partial charge in [-0.3, -0.25) is 24.5 Å². The lowest BCUT2D eigenvalue weighted by molar-refractivity contribution is -0.384. The first-order valence-corrected chi connectivity index (χ1v) is 9.45. The van der Waals surface area contributed by atoms with Crippen molar-refractivity contribution in [3.8, 4) is 0 Å². The van der Waals surface area contributed by atoms with Gasteiger partial charge in [0.15, 0.2) is 6.61 Å². The zero-order valence-electron chi connectivity index (χ0n) is 16.4. The fourth-order valence-electron chi connectivity index (χ4n) is 3.34. The molecule has 0 saturated carbocycles. The predicted molar refractivity (Wildman–Crippen MR) is 108 cm³/mol. The van der Waals surface area contributed by atoms with Gasteiger partial charge in [0.05, 0.1) is 11.3 Å². The van der Waals surface area contributed by atoms with Gasteiger partial charge in [-0.2, -0.15) is 0 Å². The van der Waals surface area contributed by atoms with Gasteiger partial charge in [-0.25, -0.2) is 0 Å². The highest BCUT2D eigenvalue weighted by Gasteiger charge is 2.30. The summed E-state index contributed by atoms with van der Waals surface area (Å²) in [6.07, 6.45) is 0.655. The third kappa shape index (κ3) is 4.80. The van der Waals surface area contributed by atoms with E-state index < -0.39 is 16.8 Å². The summed E-state index contributed by atoms with van der Waals surface area (Å²) in [5.41, 5.74) is 2.04. The third-order valence-corrected chi connectivity index (χ3v) is 4.79. The number of carbonyl (C=O) groups is 3. The fourth-order valence-corrected chi connectivity index (χ4v) is 3.34. The van der Waals surface area contributed by atoms with Gasteiger partial charge in [0.2, 0.25) is 0 Å². The van der Waals surface area contributed by atoms with Gasteiger partial charge >= 0.3 is 5.97 Å². The highest BCUT2D eigenvalue weighted by molar-refractivity contribution is 5.98. The minimum atomic E-state index is -0.604. The molecule has 3 rings (SSSR count). The van der Waals surface area contributed by atoms with Crippen molar-refractivity contribution in [3.05, 3.63) is 69.8 Å². The van der Waals surface area contributed by atoms with E-state index in [4.69, 9.17) is 4.74 Å². The van der Waals surface area contributed by atoms with Crippen LogP contribution < -0.4 is 10.2 Å². The zero-order chi connectivity index (χ0) is 21.7. The van der Waals surface area contributed by atoms with Crippen molar-refractivity contribution in [3.63, 3.8) is 0 Å². The number of nitrogens with zero attached hydrogens (tertiary/aromatic N) is 2. The summed E-state index contributed by atoms with van der Waals surface area (Å²) in [7, 11) is 0. The highest BCUT2D eigenvalue weighted by Crippen LogP contribution is 2.31. The Labute approximate surface area is 172 Å². The van der Waals surface area contributed by atoms with E-state index in [0.29, 0.717) is 0 Å². The molecule has 1 aliphatic heterocycles. The molecule has 2 amide bonds. The number of non-ortho nitro benzene ring substituents is 1. The van der Waals surface area contributed by atoms with Crippen molar-refractivity contribution in [2.45, 2.75) is 25.8 Å². The third-order valence-electron chi connectivity index (χ3n) is 4.79. The Bertz CT molecular complexity index is 973. The number of anilines is 1. The maximum absolute atomic E-state index is 12.5. The van der Waals surface area contributed by atoms with E-state index in [1.165, 1.54) is 24.3 Å². The van der Waals surface area contributed by atoms with Gasteiger partial charge in [0.25, 0.3) is 17.5 Å². The van der Waals surface area contributed by atoms with E-state index in [1.807, 2.05) is 31.2 Å². The summed E-state index contributed by atoms with van der Waals surface area (Å²) >= 11 is 0. The first-order chi connectivity index (χ1) is 14.4. The van der Waals surface area contributed by atoms with Crippen molar-refractivity contribution in [1.82, 2.24) is 5.32 Å². The molecule has 0 aromatic heterocycles. The van der Waals surface area contributed by atoms with Crippen LogP contribution in [0.5, 0.6) is 0 Å². The Hall–Kier alpha value is -3.75. The van der Waals surface area contributed by atoms with Gasteiger partial charge in [0, 0.05) is 36.0 Å². The number of fused-ring (bicyclic) bond motifs is 1. The molecule has 0 spiro atoms. The van der Waals surface area contributed by atoms with Crippen LogP contribution in [0.3, 0.4) is 0 Å². The minimum Gasteiger partial charge on any atom is -0.455 e. The molecule has 9 nitrogen and oxygen atoms in total. The predicted octanol–water partition coefficient (Wildman–Crippen LogP) is 2.24. The quantitative estimate of drug-likeness (QED) is 0.424. The number of hydrogen-bond acceptors (Lipinski definition) is 6. The molecule has 156 valence electrons. The number of benzene rings is 2. The molecular formula is C21H21N3O6. The molecule has 1 heterocycles. The second-order valence-electron chi connectivity index (χ2n) is 6.92. The summed E-state index contributed by atoms with van der Waals surface area (Å²) in [6.45, 7) is 1.59. The van der Waals surface area contributed by atoms with E-state index in [1.54, 1.807) is 4.90 Å². The molecule has 0 aliphatic carbocycles. The molecule has 1 atom stereocenters. The second kappa shape index (κ2) is 9.17. The molecule has 9 heteroatoms. The normalized spacial score (nSPS) is 14.7. The Balaban J connectivity index is 1.42. The molecule has 30 heavy (non-hydrogen) atoms. The first-order valence-electron chi connectivity index (χ1n) is 9.45. The standard InChI is InChI=1S/C21H21N3O6/c1-14-12-16-4-2-3-5-18(16)23(14)19(25)13-30-20(26)10-11-22-21(27)15-6-8-17(9-7-15)24(28)29/h2-9,14H,10-13H2,1H3,(H,22,27)/t14-/m0/s1. The molecule has 2 aromatic rings. The van der Waals surface area contributed by atoms with Crippen molar-refractivity contribution in [2.75, 3.05) is 18.1 Å². The lowest BCUT2D eigenvalue weighted by atomic mass is 10.1. The van der Waals surface area contributed by atoms with Crippen LogP contribution in [0.25, 0.3) is 0 Å². The van der Waals surface area contributed by atoms with Gasteiger partial charge in [-0.1, -0.05) is 18.2 Å². The summed E-state index contributed by atoms with van der Waals surface area (Å²) in [5.74, 6) is -1.36. The summed E-state index contributed by atoms with van der Waals surface area (Å²) in [5, 5.41) is 13.2. The Morgan fingerprint density at radius 2 is 1.87 bits per heavy atom.